The Kier molecular flexibility index (Phi) is 5.68. The van der Waals surface area contributed by atoms with Crippen molar-refractivity contribution in [1.29, 1.82) is 0 Å². The third kappa shape index (κ3) is 4.47. The SMILES string of the molecule is CCN(C(=O)C1CCS(=O)(=O)C1)C(C)Cc1ccc(OC)cc1. The quantitative estimate of drug-likeness (QED) is 0.794. The number of hydrogen-bond acceptors (Lipinski definition) is 4. The number of carbonyl (C=O) groups excluding carboxylic acids is 1. The first-order chi connectivity index (χ1) is 10.9. The van der Waals surface area contributed by atoms with Crippen molar-refractivity contribution in [1.82, 2.24) is 4.90 Å². The number of sulfone groups is 1. The van der Waals surface area contributed by atoms with Crippen LogP contribution < -0.4 is 4.74 Å². The molecule has 1 aromatic rings. The van der Waals surface area contributed by atoms with Crippen molar-refractivity contribution in [2.75, 3.05) is 25.2 Å². The van der Waals surface area contributed by atoms with Crippen LogP contribution in [0.4, 0.5) is 0 Å². The van der Waals surface area contributed by atoms with Gasteiger partial charge in [-0.2, -0.15) is 0 Å². The van der Waals surface area contributed by atoms with Crippen LogP contribution in [0.5, 0.6) is 5.75 Å². The summed E-state index contributed by atoms with van der Waals surface area (Å²) in [6.07, 6.45) is 1.19. The molecule has 6 heteroatoms. The Morgan fingerprint density at radius 1 is 1.35 bits per heavy atom. The number of nitrogens with zero attached hydrogens (tertiary/aromatic N) is 1. The van der Waals surface area contributed by atoms with Crippen molar-refractivity contribution in [3.8, 4) is 5.75 Å². The summed E-state index contributed by atoms with van der Waals surface area (Å²) in [5.41, 5.74) is 1.13. The van der Waals surface area contributed by atoms with Crippen LogP contribution in [0.15, 0.2) is 24.3 Å². The van der Waals surface area contributed by atoms with E-state index < -0.39 is 9.84 Å². The fourth-order valence-electron chi connectivity index (χ4n) is 3.12. The molecule has 1 amide bonds. The molecule has 1 aliphatic heterocycles. The van der Waals surface area contributed by atoms with E-state index in [1.54, 1.807) is 12.0 Å². The van der Waals surface area contributed by atoms with Gasteiger partial charge in [-0.25, -0.2) is 8.42 Å². The molecule has 0 N–H and O–H groups in total. The summed E-state index contributed by atoms with van der Waals surface area (Å²) in [5, 5.41) is 0. The Morgan fingerprint density at radius 3 is 2.48 bits per heavy atom. The van der Waals surface area contributed by atoms with Gasteiger partial charge in [0.25, 0.3) is 0 Å². The minimum atomic E-state index is -3.04. The molecule has 1 heterocycles. The Balaban J connectivity index is 2.02. The van der Waals surface area contributed by atoms with Crippen molar-refractivity contribution in [3.05, 3.63) is 29.8 Å². The van der Waals surface area contributed by atoms with Crippen molar-refractivity contribution in [2.45, 2.75) is 32.7 Å². The van der Waals surface area contributed by atoms with Crippen LogP contribution >= 0.6 is 0 Å². The smallest absolute Gasteiger partial charge is 0.226 e. The van der Waals surface area contributed by atoms with E-state index in [1.165, 1.54) is 0 Å². The summed E-state index contributed by atoms with van der Waals surface area (Å²) in [6, 6.07) is 7.83. The molecular weight excluding hydrogens is 314 g/mol. The molecule has 1 fully saturated rings. The lowest BCUT2D eigenvalue weighted by Crippen LogP contribution is -2.43. The van der Waals surface area contributed by atoms with Gasteiger partial charge in [-0.15, -0.1) is 0 Å². The zero-order valence-electron chi connectivity index (χ0n) is 14.0. The first kappa shape index (κ1) is 17.8. The Hall–Kier alpha value is -1.56. The molecule has 0 aromatic heterocycles. The van der Waals surface area contributed by atoms with Crippen molar-refractivity contribution in [3.63, 3.8) is 0 Å². The second-order valence-corrected chi connectivity index (χ2v) is 8.35. The van der Waals surface area contributed by atoms with Gasteiger partial charge in [-0.3, -0.25) is 4.79 Å². The van der Waals surface area contributed by atoms with Crippen molar-refractivity contribution in [2.24, 2.45) is 5.92 Å². The highest BCUT2D eigenvalue weighted by molar-refractivity contribution is 7.91. The van der Waals surface area contributed by atoms with E-state index in [9.17, 15) is 13.2 Å². The van der Waals surface area contributed by atoms with Gasteiger partial charge in [0.05, 0.1) is 24.5 Å². The van der Waals surface area contributed by atoms with Gasteiger partial charge < -0.3 is 9.64 Å². The zero-order chi connectivity index (χ0) is 17.0. The van der Waals surface area contributed by atoms with Crippen LogP contribution in [-0.2, 0) is 21.1 Å². The number of likely N-dealkylation sites (N-methyl/N-ethyl adjacent to an activating group) is 1. The van der Waals surface area contributed by atoms with Crippen LogP contribution in [0, 0.1) is 5.92 Å². The van der Waals surface area contributed by atoms with Crippen molar-refractivity contribution < 1.29 is 17.9 Å². The maximum absolute atomic E-state index is 12.6. The molecule has 0 bridgehead atoms. The van der Waals surface area contributed by atoms with E-state index in [-0.39, 0.29) is 29.4 Å². The maximum Gasteiger partial charge on any atom is 0.226 e. The van der Waals surface area contributed by atoms with Crippen molar-refractivity contribution >= 4 is 15.7 Å². The zero-order valence-corrected chi connectivity index (χ0v) is 14.8. The third-order valence-electron chi connectivity index (χ3n) is 4.43. The van der Waals surface area contributed by atoms with Gasteiger partial charge in [0.15, 0.2) is 9.84 Å². The van der Waals surface area contributed by atoms with Crippen LogP contribution in [0.2, 0.25) is 0 Å². The number of hydrogen-bond donors (Lipinski definition) is 0. The Bertz CT molecular complexity index is 639. The highest BCUT2D eigenvalue weighted by atomic mass is 32.2. The first-order valence-electron chi connectivity index (χ1n) is 8.00. The fraction of sp³-hybridized carbons (Fsp3) is 0.588. The van der Waals surface area contributed by atoms with E-state index in [0.717, 1.165) is 17.7 Å². The van der Waals surface area contributed by atoms with Gasteiger partial charge in [-0.05, 0) is 44.4 Å². The lowest BCUT2D eigenvalue weighted by molar-refractivity contribution is -0.136. The highest BCUT2D eigenvalue weighted by Crippen LogP contribution is 2.23. The number of carbonyl (C=O) groups is 1. The molecule has 0 saturated carbocycles. The average Bonchev–Trinajstić information content (AvgIpc) is 2.89. The molecule has 5 nitrogen and oxygen atoms in total. The Morgan fingerprint density at radius 2 is 2.00 bits per heavy atom. The summed E-state index contributed by atoms with van der Waals surface area (Å²) in [7, 11) is -1.41. The molecule has 23 heavy (non-hydrogen) atoms. The van der Waals surface area contributed by atoms with E-state index in [1.807, 2.05) is 38.1 Å². The Labute approximate surface area is 138 Å². The topological polar surface area (TPSA) is 63.7 Å². The van der Waals surface area contributed by atoms with E-state index in [4.69, 9.17) is 4.74 Å². The largest absolute Gasteiger partial charge is 0.497 e. The summed E-state index contributed by atoms with van der Waals surface area (Å²) in [5.74, 6) is 0.527. The summed E-state index contributed by atoms with van der Waals surface area (Å²) in [6.45, 7) is 4.54. The van der Waals surface area contributed by atoms with Crippen LogP contribution in [-0.4, -0.2) is 50.4 Å². The third-order valence-corrected chi connectivity index (χ3v) is 6.20. The second kappa shape index (κ2) is 7.34. The van der Waals surface area contributed by atoms with Crippen LogP contribution in [0.3, 0.4) is 0 Å². The minimum absolute atomic E-state index is 0.00239. The monoisotopic (exact) mass is 339 g/mol. The second-order valence-electron chi connectivity index (χ2n) is 6.13. The maximum atomic E-state index is 12.6. The summed E-state index contributed by atoms with van der Waals surface area (Å²) >= 11 is 0. The standard InChI is InChI=1S/C17H25NO4S/c1-4-18(17(19)15-9-10-23(20,21)12-15)13(2)11-14-5-7-16(22-3)8-6-14/h5-8,13,15H,4,9-12H2,1-3H3. The molecular formula is C17H25NO4S. The van der Waals surface area contributed by atoms with Crippen LogP contribution in [0.25, 0.3) is 0 Å². The molecule has 0 aliphatic carbocycles. The number of ether oxygens (including phenoxy) is 1. The van der Waals surface area contributed by atoms with Gasteiger partial charge in [-0.1, -0.05) is 12.1 Å². The normalized spacial score (nSPS) is 20.9. The molecule has 1 aliphatic rings. The molecule has 128 valence electrons. The number of methoxy groups -OCH3 is 1. The van der Waals surface area contributed by atoms with E-state index in [0.29, 0.717) is 13.0 Å². The van der Waals surface area contributed by atoms with E-state index in [2.05, 4.69) is 0 Å². The minimum Gasteiger partial charge on any atom is -0.497 e. The predicted molar refractivity (Wildman–Crippen MR) is 90.3 cm³/mol. The van der Waals surface area contributed by atoms with Gasteiger partial charge in [0.2, 0.25) is 5.91 Å². The van der Waals surface area contributed by atoms with E-state index >= 15 is 0 Å². The summed E-state index contributed by atoms with van der Waals surface area (Å²) in [4.78, 5) is 14.4. The molecule has 0 spiro atoms. The number of rotatable bonds is 6. The fourth-order valence-corrected chi connectivity index (χ4v) is 4.85. The lowest BCUT2D eigenvalue weighted by Gasteiger charge is -2.30. The highest BCUT2D eigenvalue weighted by Gasteiger charge is 2.36. The number of amides is 1. The van der Waals surface area contributed by atoms with Crippen LogP contribution in [0.1, 0.15) is 25.8 Å². The molecule has 2 atom stereocenters. The average molecular weight is 339 g/mol. The molecule has 1 saturated heterocycles. The molecule has 2 rings (SSSR count). The molecule has 0 radical (unpaired) electrons. The predicted octanol–water partition coefficient (Wildman–Crippen LogP) is 1.91. The first-order valence-corrected chi connectivity index (χ1v) is 9.82. The molecule has 2 unspecified atom stereocenters. The van der Waals surface area contributed by atoms with Gasteiger partial charge in [0.1, 0.15) is 5.75 Å². The molecule has 1 aromatic carbocycles. The summed E-state index contributed by atoms with van der Waals surface area (Å²) < 4.78 is 28.3. The van der Waals surface area contributed by atoms with Gasteiger partial charge >= 0.3 is 0 Å². The number of benzene rings is 1. The lowest BCUT2D eigenvalue weighted by atomic mass is 10.0. The van der Waals surface area contributed by atoms with Gasteiger partial charge in [0, 0.05) is 12.6 Å².